The molecule has 0 aliphatic heterocycles. The van der Waals surface area contributed by atoms with Gasteiger partial charge in [-0.3, -0.25) is 4.79 Å². The fourth-order valence-electron chi connectivity index (χ4n) is 3.00. The van der Waals surface area contributed by atoms with Crippen molar-refractivity contribution in [2.24, 2.45) is 0 Å². The molecule has 162 valence electrons. The van der Waals surface area contributed by atoms with Crippen molar-refractivity contribution >= 4 is 49.5 Å². The van der Waals surface area contributed by atoms with Gasteiger partial charge in [0.2, 0.25) is 0 Å². The molecule has 3 rings (SSSR count). The molecule has 0 radical (unpaired) electrons. The molecule has 7 heteroatoms. The molecule has 0 heterocycles. The molecule has 0 bridgehead atoms. The van der Waals surface area contributed by atoms with E-state index in [4.69, 9.17) is 9.47 Å². The molecule has 0 atom stereocenters. The van der Waals surface area contributed by atoms with Crippen molar-refractivity contribution in [3.63, 3.8) is 0 Å². The molecule has 0 unspecified atom stereocenters. The highest BCUT2D eigenvalue weighted by Gasteiger charge is 2.14. The number of benzene rings is 3. The lowest BCUT2D eigenvalue weighted by Gasteiger charge is -2.14. The van der Waals surface area contributed by atoms with Crippen LogP contribution in [0.2, 0.25) is 0 Å². The third kappa shape index (κ3) is 6.22. The van der Waals surface area contributed by atoms with E-state index in [0.717, 1.165) is 15.6 Å². The maximum Gasteiger partial charge on any atom is 0.266 e. The summed E-state index contributed by atoms with van der Waals surface area (Å²) in [5.41, 5.74) is 3.37. The van der Waals surface area contributed by atoms with Crippen LogP contribution in [0.1, 0.15) is 16.7 Å². The van der Waals surface area contributed by atoms with E-state index in [9.17, 15) is 10.1 Å². The van der Waals surface area contributed by atoms with Gasteiger partial charge in [-0.05, 0) is 70.4 Å². The zero-order chi connectivity index (χ0) is 23.1. The lowest BCUT2D eigenvalue weighted by Crippen LogP contribution is -2.13. The van der Waals surface area contributed by atoms with Crippen molar-refractivity contribution in [2.45, 2.75) is 13.5 Å². The number of rotatable bonds is 7. The van der Waals surface area contributed by atoms with E-state index in [1.807, 2.05) is 37.3 Å². The molecule has 0 aliphatic rings. The van der Waals surface area contributed by atoms with Crippen LogP contribution in [0.25, 0.3) is 6.08 Å². The number of nitrogens with zero attached hydrogens (tertiary/aromatic N) is 1. The highest BCUT2D eigenvalue weighted by Crippen LogP contribution is 2.38. The number of ether oxygens (including phenoxy) is 2. The number of amides is 1. The summed E-state index contributed by atoms with van der Waals surface area (Å²) in [6.07, 6.45) is 1.50. The third-order valence-corrected chi connectivity index (χ3v) is 5.56. The maximum atomic E-state index is 12.6. The Morgan fingerprint density at radius 1 is 1.12 bits per heavy atom. The van der Waals surface area contributed by atoms with Crippen LogP contribution in [0.15, 0.2) is 75.2 Å². The second-order valence-corrected chi connectivity index (χ2v) is 8.72. The van der Waals surface area contributed by atoms with E-state index in [-0.39, 0.29) is 5.57 Å². The average Bonchev–Trinajstić information content (AvgIpc) is 2.76. The van der Waals surface area contributed by atoms with Gasteiger partial charge in [0, 0.05) is 10.2 Å². The highest BCUT2D eigenvalue weighted by atomic mass is 79.9. The predicted octanol–water partition coefficient (Wildman–Crippen LogP) is 6.65. The van der Waals surface area contributed by atoms with Crippen molar-refractivity contribution in [3.8, 4) is 17.6 Å². The minimum Gasteiger partial charge on any atom is -0.493 e. The summed E-state index contributed by atoms with van der Waals surface area (Å²) in [4.78, 5) is 12.6. The average molecular weight is 556 g/mol. The van der Waals surface area contributed by atoms with Crippen LogP contribution in [-0.2, 0) is 11.4 Å². The van der Waals surface area contributed by atoms with E-state index in [1.165, 1.54) is 6.08 Å². The molecular weight excluding hydrogens is 536 g/mol. The zero-order valence-electron chi connectivity index (χ0n) is 17.5. The van der Waals surface area contributed by atoms with Gasteiger partial charge in [-0.25, -0.2) is 0 Å². The number of anilines is 1. The van der Waals surface area contributed by atoms with E-state index in [2.05, 4.69) is 43.2 Å². The predicted molar refractivity (Wildman–Crippen MR) is 133 cm³/mol. The topological polar surface area (TPSA) is 71.3 Å². The molecule has 0 aromatic heterocycles. The number of carbonyl (C=O) groups is 1. The highest BCUT2D eigenvalue weighted by molar-refractivity contribution is 9.10. The van der Waals surface area contributed by atoms with Crippen LogP contribution in [-0.4, -0.2) is 13.0 Å². The third-order valence-electron chi connectivity index (χ3n) is 4.48. The lowest BCUT2D eigenvalue weighted by atomic mass is 10.1. The number of aryl methyl sites for hydroxylation is 1. The van der Waals surface area contributed by atoms with Crippen LogP contribution < -0.4 is 14.8 Å². The van der Waals surface area contributed by atoms with Crippen LogP contribution in [0.5, 0.6) is 11.5 Å². The minimum absolute atomic E-state index is 0.0349. The molecule has 1 amide bonds. The second-order valence-electron chi connectivity index (χ2n) is 6.95. The van der Waals surface area contributed by atoms with Crippen LogP contribution in [0, 0.1) is 18.3 Å². The Morgan fingerprint density at radius 2 is 1.91 bits per heavy atom. The fraction of sp³-hybridized carbons (Fsp3) is 0.120. The Kier molecular flexibility index (Phi) is 8.09. The first-order valence-corrected chi connectivity index (χ1v) is 11.2. The van der Waals surface area contributed by atoms with Gasteiger partial charge in [-0.15, -0.1) is 0 Å². The van der Waals surface area contributed by atoms with Gasteiger partial charge in [0.1, 0.15) is 18.2 Å². The molecule has 0 saturated carbocycles. The molecular formula is C25H20Br2N2O3. The first-order chi connectivity index (χ1) is 15.4. The van der Waals surface area contributed by atoms with E-state index >= 15 is 0 Å². The van der Waals surface area contributed by atoms with Gasteiger partial charge < -0.3 is 14.8 Å². The standard InChI is InChI=1S/C25H20Br2N2O3/c1-16-5-3-6-17(9-16)15-32-24-22(27)11-18(12-23(24)31-2)10-19(14-28)25(30)29-21-8-4-7-20(26)13-21/h3-13H,15H2,1-2H3,(H,29,30)/b19-10-. The normalized spacial score (nSPS) is 10.9. The van der Waals surface area contributed by atoms with Gasteiger partial charge in [0.15, 0.2) is 11.5 Å². The molecule has 1 N–H and O–H groups in total. The molecule has 5 nitrogen and oxygen atoms in total. The molecule has 32 heavy (non-hydrogen) atoms. The number of carbonyl (C=O) groups excluding carboxylic acids is 1. The number of hydrogen-bond donors (Lipinski definition) is 1. The Hall–Kier alpha value is -3.08. The zero-order valence-corrected chi connectivity index (χ0v) is 20.7. The van der Waals surface area contributed by atoms with Gasteiger partial charge >= 0.3 is 0 Å². The Bertz CT molecular complexity index is 1220. The Labute approximate surface area is 203 Å². The fourth-order valence-corrected chi connectivity index (χ4v) is 3.97. The Balaban J connectivity index is 1.82. The number of nitrogens with one attached hydrogen (secondary N) is 1. The van der Waals surface area contributed by atoms with Crippen LogP contribution in [0.4, 0.5) is 5.69 Å². The van der Waals surface area contributed by atoms with Crippen LogP contribution in [0.3, 0.4) is 0 Å². The van der Waals surface area contributed by atoms with Crippen molar-refractivity contribution in [1.29, 1.82) is 5.26 Å². The summed E-state index contributed by atoms with van der Waals surface area (Å²) >= 11 is 6.87. The van der Waals surface area contributed by atoms with E-state index < -0.39 is 5.91 Å². The number of nitriles is 1. The second kappa shape index (κ2) is 11.0. The van der Waals surface area contributed by atoms with Crippen molar-refractivity contribution < 1.29 is 14.3 Å². The van der Waals surface area contributed by atoms with Crippen molar-refractivity contribution in [1.82, 2.24) is 0 Å². The summed E-state index contributed by atoms with van der Waals surface area (Å²) in [5, 5.41) is 12.2. The minimum atomic E-state index is -0.500. The van der Waals surface area contributed by atoms with Crippen LogP contribution >= 0.6 is 31.9 Å². The molecule has 0 spiro atoms. The lowest BCUT2D eigenvalue weighted by molar-refractivity contribution is -0.112. The molecule has 3 aromatic rings. The van der Waals surface area contributed by atoms with Crippen molar-refractivity contribution in [3.05, 3.63) is 91.9 Å². The molecule has 3 aromatic carbocycles. The molecule has 0 fully saturated rings. The number of hydrogen-bond acceptors (Lipinski definition) is 4. The quantitative estimate of drug-likeness (QED) is 0.261. The summed E-state index contributed by atoms with van der Waals surface area (Å²) in [6, 6.07) is 20.7. The monoisotopic (exact) mass is 554 g/mol. The number of halogens is 2. The number of methoxy groups -OCH3 is 1. The SMILES string of the molecule is COc1cc(/C=C(/C#N)C(=O)Nc2cccc(Br)c2)cc(Br)c1OCc1cccc(C)c1. The molecule has 0 aliphatic carbocycles. The van der Waals surface area contributed by atoms with E-state index in [0.29, 0.717) is 33.8 Å². The smallest absolute Gasteiger partial charge is 0.266 e. The van der Waals surface area contributed by atoms with Gasteiger partial charge in [-0.2, -0.15) is 5.26 Å². The van der Waals surface area contributed by atoms with Gasteiger partial charge in [0.05, 0.1) is 11.6 Å². The first kappa shape index (κ1) is 23.6. The van der Waals surface area contributed by atoms with E-state index in [1.54, 1.807) is 37.4 Å². The van der Waals surface area contributed by atoms with Gasteiger partial charge in [0.25, 0.3) is 5.91 Å². The summed E-state index contributed by atoms with van der Waals surface area (Å²) in [5.74, 6) is 0.534. The maximum absolute atomic E-state index is 12.6. The Morgan fingerprint density at radius 3 is 2.59 bits per heavy atom. The summed E-state index contributed by atoms with van der Waals surface area (Å²) < 4.78 is 13.0. The summed E-state index contributed by atoms with van der Waals surface area (Å²) in [7, 11) is 1.54. The molecule has 0 saturated heterocycles. The largest absolute Gasteiger partial charge is 0.493 e. The first-order valence-electron chi connectivity index (χ1n) is 9.64. The van der Waals surface area contributed by atoms with Gasteiger partial charge in [-0.1, -0.05) is 51.8 Å². The van der Waals surface area contributed by atoms with Crippen molar-refractivity contribution in [2.75, 3.05) is 12.4 Å². The summed E-state index contributed by atoms with van der Waals surface area (Å²) in [6.45, 7) is 2.41.